The number of nitrogens with one attached hydrogen (secondary N) is 1. The van der Waals surface area contributed by atoms with Gasteiger partial charge in [0.1, 0.15) is 24.0 Å². The van der Waals surface area contributed by atoms with Crippen LogP contribution in [0.15, 0.2) is 78.9 Å². The average Bonchev–Trinajstić information content (AvgIpc) is 3.14. The molecule has 12 nitrogen and oxygen atoms in total. The number of carbonyl (C=O) groups is 4. The topological polar surface area (TPSA) is 149 Å². The molecule has 1 saturated heterocycles. The van der Waals surface area contributed by atoms with Gasteiger partial charge in [0, 0.05) is 25.9 Å². The van der Waals surface area contributed by atoms with Crippen LogP contribution in [0.5, 0.6) is 11.5 Å². The highest BCUT2D eigenvalue weighted by Crippen LogP contribution is 2.25. The summed E-state index contributed by atoms with van der Waals surface area (Å²) in [6, 6.07) is 22.4. The van der Waals surface area contributed by atoms with Gasteiger partial charge in [0.05, 0.1) is 19.2 Å². The van der Waals surface area contributed by atoms with Gasteiger partial charge in [-0.3, -0.25) is 19.3 Å². The number of aldehydes is 1. The van der Waals surface area contributed by atoms with Crippen LogP contribution in [-0.2, 0) is 36.8 Å². The Morgan fingerprint density at radius 3 is 2.13 bits per heavy atom. The van der Waals surface area contributed by atoms with Gasteiger partial charge in [-0.1, -0.05) is 87.9 Å². The third-order valence-corrected chi connectivity index (χ3v) is 8.97. The molecule has 0 bridgehead atoms. The Balaban J connectivity index is 0.000000864. The highest BCUT2D eigenvalue weighted by Gasteiger charge is 2.45. The third-order valence-electron chi connectivity index (χ3n) is 8.97. The number of hydrogen-bond acceptors (Lipinski definition) is 9. The average molecular weight is 747 g/mol. The van der Waals surface area contributed by atoms with Crippen molar-refractivity contribution in [1.82, 2.24) is 20.2 Å². The SMILES string of the molecule is CC(C)CCCNC(=O)C(CC(C)C)N(C)CC1N(CC=O)C(=O)C(Cc2ccccc2)ON1C(=O)OCCc1ccc(O)cc1.Cc1ccc(O)cc1. The van der Waals surface area contributed by atoms with E-state index in [-0.39, 0.29) is 43.7 Å². The molecule has 0 saturated carbocycles. The number of rotatable bonds is 17. The number of phenols is 2. The second kappa shape index (κ2) is 22.3. The zero-order chi connectivity index (χ0) is 39.6. The van der Waals surface area contributed by atoms with E-state index in [0.717, 1.165) is 29.0 Å². The van der Waals surface area contributed by atoms with E-state index in [1.165, 1.54) is 10.5 Å². The number of likely N-dealkylation sites (N-methyl/N-ethyl adjacent to an activating group) is 1. The summed E-state index contributed by atoms with van der Waals surface area (Å²) in [5.74, 6) is 0.641. The van der Waals surface area contributed by atoms with Gasteiger partial charge in [-0.05, 0) is 80.5 Å². The molecule has 4 rings (SSSR count). The van der Waals surface area contributed by atoms with Gasteiger partial charge in [0.15, 0.2) is 6.10 Å². The summed E-state index contributed by atoms with van der Waals surface area (Å²) in [6.07, 6.45) is 0.715. The number of benzene rings is 3. The quantitative estimate of drug-likeness (QED) is 0.114. The molecule has 1 aliphatic heterocycles. The molecule has 3 aromatic carbocycles. The highest BCUT2D eigenvalue weighted by atomic mass is 16.7. The third kappa shape index (κ3) is 14.5. The van der Waals surface area contributed by atoms with Crippen molar-refractivity contribution in [1.29, 1.82) is 0 Å². The second-order valence-corrected chi connectivity index (χ2v) is 14.5. The largest absolute Gasteiger partial charge is 0.508 e. The molecule has 1 aliphatic rings. The van der Waals surface area contributed by atoms with Gasteiger partial charge in [0.25, 0.3) is 5.91 Å². The highest BCUT2D eigenvalue weighted by molar-refractivity contribution is 5.85. The van der Waals surface area contributed by atoms with Crippen LogP contribution in [0.4, 0.5) is 4.79 Å². The Hall–Kier alpha value is -4.94. The van der Waals surface area contributed by atoms with Gasteiger partial charge in [-0.25, -0.2) is 4.79 Å². The fraction of sp³-hybridized carbons (Fsp3) is 0.476. The van der Waals surface area contributed by atoms with Crippen molar-refractivity contribution in [2.75, 3.05) is 33.3 Å². The molecule has 294 valence electrons. The van der Waals surface area contributed by atoms with E-state index in [1.807, 2.05) is 68.1 Å². The van der Waals surface area contributed by atoms with Crippen molar-refractivity contribution in [3.8, 4) is 11.5 Å². The molecular weight excluding hydrogens is 688 g/mol. The monoisotopic (exact) mass is 746 g/mol. The lowest BCUT2D eigenvalue weighted by molar-refractivity contribution is -0.255. The molecule has 0 radical (unpaired) electrons. The number of hydroxylamine groups is 2. The standard InChI is InChI=1S/C35H50N4O7.C7H8O/c1-25(2)10-9-18-36-33(42)30(22-26(3)4)37(5)24-32-38(19-20-40)34(43)31(23-28-11-7-6-8-12-28)46-39(32)35(44)45-21-17-27-13-15-29(41)16-14-27;1-6-2-4-7(8)5-3-6/h6-8,11-16,20,25-26,30-32,41H,9-10,17-19,21-24H2,1-5H3,(H,36,42);2-5,8H,1H3. The van der Waals surface area contributed by atoms with Crippen molar-refractivity contribution in [3.05, 3.63) is 95.6 Å². The molecule has 3 aromatic rings. The van der Waals surface area contributed by atoms with E-state index < -0.39 is 30.3 Å². The molecule has 1 heterocycles. The minimum atomic E-state index is -1.07. The zero-order valence-corrected chi connectivity index (χ0v) is 32.5. The van der Waals surface area contributed by atoms with Crippen molar-refractivity contribution in [2.45, 2.75) is 85.0 Å². The van der Waals surface area contributed by atoms with Gasteiger partial charge in [0.2, 0.25) is 5.91 Å². The Morgan fingerprint density at radius 2 is 1.56 bits per heavy atom. The first-order valence-corrected chi connectivity index (χ1v) is 18.7. The maximum atomic E-state index is 13.8. The minimum Gasteiger partial charge on any atom is -0.508 e. The van der Waals surface area contributed by atoms with Crippen LogP contribution in [0, 0.1) is 18.8 Å². The lowest BCUT2D eigenvalue weighted by Gasteiger charge is -2.46. The van der Waals surface area contributed by atoms with Crippen LogP contribution < -0.4 is 5.32 Å². The molecule has 3 N–H and O–H groups in total. The van der Waals surface area contributed by atoms with Crippen LogP contribution in [0.2, 0.25) is 0 Å². The second-order valence-electron chi connectivity index (χ2n) is 14.5. The fourth-order valence-electron chi connectivity index (χ4n) is 5.98. The number of aryl methyl sites for hydroxylation is 1. The van der Waals surface area contributed by atoms with Crippen LogP contribution >= 0.6 is 0 Å². The number of hydrogen-bond donors (Lipinski definition) is 3. The Bertz CT molecular complexity index is 1560. The smallest absolute Gasteiger partial charge is 0.436 e. The van der Waals surface area contributed by atoms with Crippen LogP contribution in [-0.4, -0.2) is 101 Å². The van der Waals surface area contributed by atoms with Crippen molar-refractivity contribution >= 4 is 24.2 Å². The summed E-state index contributed by atoms with van der Waals surface area (Å²) in [4.78, 5) is 61.9. The summed E-state index contributed by atoms with van der Waals surface area (Å²) in [5, 5.41) is 22.4. The molecule has 3 amide bonds. The lowest BCUT2D eigenvalue weighted by Crippen LogP contribution is -2.66. The summed E-state index contributed by atoms with van der Waals surface area (Å²) in [7, 11) is 1.77. The molecule has 0 spiro atoms. The predicted molar refractivity (Wildman–Crippen MR) is 207 cm³/mol. The normalized spacial score (nSPS) is 16.2. The molecule has 12 heteroatoms. The number of ether oxygens (including phenoxy) is 1. The number of aromatic hydroxyl groups is 2. The predicted octanol–water partition coefficient (Wildman–Crippen LogP) is 5.88. The molecule has 54 heavy (non-hydrogen) atoms. The van der Waals surface area contributed by atoms with E-state index in [1.54, 1.807) is 43.4 Å². The van der Waals surface area contributed by atoms with Crippen molar-refractivity contribution in [2.24, 2.45) is 11.8 Å². The number of phenolic OH excluding ortho intramolecular Hbond substituents is 2. The van der Waals surface area contributed by atoms with Crippen LogP contribution in [0.1, 0.15) is 63.6 Å². The molecule has 0 aliphatic carbocycles. The maximum absolute atomic E-state index is 13.8. The summed E-state index contributed by atoms with van der Waals surface area (Å²) in [6.45, 7) is 10.7. The van der Waals surface area contributed by atoms with E-state index in [9.17, 15) is 24.3 Å². The van der Waals surface area contributed by atoms with E-state index >= 15 is 0 Å². The van der Waals surface area contributed by atoms with Crippen LogP contribution in [0.3, 0.4) is 0 Å². The molecule has 3 unspecified atom stereocenters. The van der Waals surface area contributed by atoms with Gasteiger partial charge in [-0.15, -0.1) is 0 Å². The molecule has 1 fully saturated rings. The zero-order valence-electron chi connectivity index (χ0n) is 32.5. The maximum Gasteiger partial charge on any atom is 0.436 e. The van der Waals surface area contributed by atoms with E-state index in [4.69, 9.17) is 14.7 Å². The Kier molecular flexibility index (Phi) is 18.0. The van der Waals surface area contributed by atoms with Crippen LogP contribution in [0.25, 0.3) is 0 Å². The van der Waals surface area contributed by atoms with Gasteiger partial charge < -0.3 is 30.0 Å². The number of amides is 3. The minimum absolute atomic E-state index is 0.0196. The summed E-state index contributed by atoms with van der Waals surface area (Å²) in [5.41, 5.74) is 2.86. The van der Waals surface area contributed by atoms with Crippen molar-refractivity contribution in [3.63, 3.8) is 0 Å². The van der Waals surface area contributed by atoms with Gasteiger partial charge in [-0.2, -0.15) is 5.06 Å². The lowest BCUT2D eigenvalue weighted by atomic mass is 10.0. The first kappa shape index (κ1) is 43.5. The summed E-state index contributed by atoms with van der Waals surface area (Å²) >= 11 is 0. The van der Waals surface area contributed by atoms with Crippen molar-refractivity contribution < 1.29 is 39.0 Å². The van der Waals surface area contributed by atoms with E-state index in [0.29, 0.717) is 37.3 Å². The fourth-order valence-corrected chi connectivity index (χ4v) is 5.98. The summed E-state index contributed by atoms with van der Waals surface area (Å²) < 4.78 is 5.62. The first-order valence-electron chi connectivity index (χ1n) is 18.7. The Morgan fingerprint density at radius 1 is 0.926 bits per heavy atom. The Labute approximate surface area is 320 Å². The number of nitrogens with zero attached hydrogens (tertiary/aromatic N) is 3. The first-order chi connectivity index (χ1) is 25.8. The number of carbonyl (C=O) groups excluding carboxylic acids is 4. The molecule has 0 aromatic heterocycles. The molecule has 3 atom stereocenters. The molecular formula is C42H58N4O8. The van der Waals surface area contributed by atoms with E-state index in [2.05, 4.69) is 19.2 Å². The van der Waals surface area contributed by atoms with Gasteiger partial charge >= 0.3 is 6.09 Å².